The quantitative estimate of drug-likeness (QED) is 0.849. The molecule has 3 rings (SSSR count). The van der Waals surface area contributed by atoms with Crippen LogP contribution in [0.3, 0.4) is 0 Å². The van der Waals surface area contributed by atoms with Crippen LogP contribution in [0.15, 0.2) is 24.5 Å². The van der Waals surface area contributed by atoms with Crippen LogP contribution in [0, 0.1) is 5.82 Å². The minimum atomic E-state index is -0.541. The summed E-state index contributed by atoms with van der Waals surface area (Å²) in [6.45, 7) is 3.16. The molecule has 1 aliphatic rings. The minimum absolute atomic E-state index is 0.00769. The monoisotopic (exact) mass is 334 g/mol. The molecule has 24 heavy (non-hydrogen) atoms. The Balaban J connectivity index is 1.83. The van der Waals surface area contributed by atoms with E-state index in [-0.39, 0.29) is 29.9 Å². The number of para-hydroxylation sites is 1. The van der Waals surface area contributed by atoms with Gasteiger partial charge in [0.15, 0.2) is 17.4 Å². The molecule has 0 radical (unpaired) electrons. The van der Waals surface area contributed by atoms with E-state index in [1.807, 2.05) is 7.05 Å². The Hall–Kier alpha value is -2.48. The summed E-state index contributed by atoms with van der Waals surface area (Å²) in [5.74, 6) is -0.183. The molecule has 2 heterocycles. The number of aryl methyl sites for hydroxylation is 1. The average molecular weight is 334 g/mol. The van der Waals surface area contributed by atoms with E-state index in [2.05, 4.69) is 10.2 Å². The molecule has 1 unspecified atom stereocenters. The van der Waals surface area contributed by atoms with Crippen LogP contribution in [0.4, 0.5) is 4.39 Å². The molecule has 1 aliphatic heterocycles. The number of rotatable bonds is 4. The first kappa shape index (κ1) is 16.4. The minimum Gasteiger partial charge on any atom is -0.490 e. The first-order chi connectivity index (χ1) is 11.6. The van der Waals surface area contributed by atoms with Crippen molar-refractivity contribution in [2.45, 2.75) is 13.0 Å². The van der Waals surface area contributed by atoms with Gasteiger partial charge in [-0.25, -0.2) is 4.39 Å². The summed E-state index contributed by atoms with van der Waals surface area (Å²) in [6, 6.07) is 4.36. The number of hydrogen-bond acceptors (Lipinski definition) is 5. The van der Waals surface area contributed by atoms with Gasteiger partial charge in [-0.15, -0.1) is 10.2 Å². The number of carbonyl (C=O) groups is 1. The van der Waals surface area contributed by atoms with Crippen LogP contribution in [-0.4, -0.2) is 51.9 Å². The molecule has 0 N–H and O–H groups in total. The van der Waals surface area contributed by atoms with E-state index in [1.54, 1.807) is 28.8 Å². The second-order valence-electron chi connectivity index (χ2n) is 5.46. The Morgan fingerprint density at radius 1 is 1.50 bits per heavy atom. The van der Waals surface area contributed by atoms with Gasteiger partial charge in [-0.05, 0) is 19.1 Å². The first-order valence-electron chi connectivity index (χ1n) is 7.78. The van der Waals surface area contributed by atoms with Crippen LogP contribution in [0.2, 0.25) is 0 Å². The van der Waals surface area contributed by atoms with E-state index < -0.39 is 5.82 Å². The maximum Gasteiger partial charge on any atom is 0.257 e. The van der Waals surface area contributed by atoms with Crippen molar-refractivity contribution in [3.8, 4) is 5.75 Å². The summed E-state index contributed by atoms with van der Waals surface area (Å²) in [4.78, 5) is 14.5. The van der Waals surface area contributed by atoms with Gasteiger partial charge < -0.3 is 18.9 Å². The van der Waals surface area contributed by atoms with E-state index in [1.165, 1.54) is 12.1 Å². The lowest BCUT2D eigenvalue weighted by Gasteiger charge is -2.32. The summed E-state index contributed by atoms with van der Waals surface area (Å²) in [7, 11) is 1.82. The van der Waals surface area contributed by atoms with Gasteiger partial charge in [0.2, 0.25) is 0 Å². The fraction of sp³-hybridized carbons (Fsp3) is 0.438. The standard InChI is InChI=1S/C16H19FN4O3/c1-3-23-14-11(5-4-6-12(14)17)16(22)21-7-8-24-13(9-21)15-19-18-10-20(15)2/h4-6,10,13H,3,7-9H2,1-2H3. The first-order valence-corrected chi connectivity index (χ1v) is 7.78. The Kier molecular flexibility index (Phi) is 4.75. The van der Waals surface area contributed by atoms with Gasteiger partial charge in [0, 0.05) is 13.6 Å². The molecule has 1 atom stereocenters. The Morgan fingerprint density at radius 3 is 3.04 bits per heavy atom. The number of benzene rings is 1. The zero-order valence-electron chi connectivity index (χ0n) is 13.6. The van der Waals surface area contributed by atoms with Crippen molar-refractivity contribution in [1.29, 1.82) is 0 Å². The predicted octanol–water partition coefficient (Wildman–Crippen LogP) is 1.57. The Labute approximate surface area is 139 Å². The Bertz CT molecular complexity index is 734. The third kappa shape index (κ3) is 3.09. The van der Waals surface area contributed by atoms with Crippen molar-refractivity contribution in [3.05, 3.63) is 41.7 Å². The molecule has 8 heteroatoms. The van der Waals surface area contributed by atoms with Crippen molar-refractivity contribution in [2.75, 3.05) is 26.3 Å². The number of morpholine rings is 1. The normalized spacial score (nSPS) is 17.8. The van der Waals surface area contributed by atoms with Crippen molar-refractivity contribution in [3.63, 3.8) is 0 Å². The van der Waals surface area contributed by atoms with Crippen LogP contribution in [0.5, 0.6) is 5.75 Å². The molecule has 2 aromatic rings. The SMILES string of the molecule is CCOc1c(F)cccc1C(=O)N1CCOC(c2nncn2C)C1. The van der Waals surface area contributed by atoms with Gasteiger partial charge in [0.05, 0.1) is 25.3 Å². The van der Waals surface area contributed by atoms with Crippen molar-refractivity contribution < 1.29 is 18.7 Å². The third-order valence-corrected chi connectivity index (χ3v) is 3.87. The van der Waals surface area contributed by atoms with Crippen LogP contribution in [-0.2, 0) is 11.8 Å². The van der Waals surface area contributed by atoms with E-state index >= 15 is 0 Å². The van der Waals surface area contributed by atoms with Crippen LogP contribution >= 0.6 is 0 Å². The van der Waals surface area contributed by atoms with Crippen molar-refractivity contribution >= 4 is 5.91 Å². The van der Waals surface area contributed by atoms with E-state index in [9.17, 15) is 9.18 Å². The lowest BCUT2D eigenvalue weighted by Crippen LogP contribution is -2.43. The smallest absolute Gasteiger partial charge is 0.257 e. The second-order valence-corrected chi connectivity index (χ2v) is 5.46. The van der Waals surface area contributed by atoms with Gasteiger partial charge >= 0.3 is 0 Å². The molecular formula is C16H19FN4O3. The number of amides is 1. The maximum absolute atomic E-state index is 14.0. The molecule has 1 aromatic heterocycles. The highest BCUT2D eigenvalue weighted by Crippen LogP contribution is 2.27. The molecular weight excluding hydrogens is 315 g/mol. The molecule has 0 saturated carbocycles. The highest BCUT2D eigenvalue weighted by molar-refractivity contribution is 5.97. The number of aromatic nitrogens is 3. The van der Waals surface area contributed by atoms with Gasteiger partial charge in [-0.2, -0.15) is 0 Å². The summed E-state index contributed by atoms with van der Waals surface area (Å²) < 4.78 is 26.7. The predicted molar refractivity (Wildman–Crippen MR) is 83.2 cm³/mol. The number of halogens is 1. The zero-order valence-corrected chi connectivity index (χ0v) is 13.6. The maximum atomic E-state index is 14.0. The number of ether oxygens (including phenoxy) is 2. The lowest BCUT2D eigenvalue weighted by atomic mass is 10.1. The Morgan fingerprint density at radius 2 is 2.33 bits per heavy atom. The van der Waals surface area contributed by atoms with Crippen LogP contribution in [0.25, 0.3) is 0 Å². The number of nitrogens with zero attached hydrogens (tertiary/aromatic N) is 4. The molecule has 0 aliphatic carbocycles. The molecule has 7 nitrogen and oxygen atoms in total. The lowest BCUT2D eigenvalue weighted by molar-refractivity contribution is -0.0282. The van der Waals surface area contributed by atoms with Gasteiger partial charge in [-0.3, -0.25) is 4.79 Å². The highest BCUT2D eigenvalue weighted by Gasteiger charge is 2.30. The van der Waals surface area contributed by atoms with Gasteiger partial charge in [0.25, 0.3) is 5.91 Å². The summed E-state index contributed by atoms with van der Waals surface area (Å²) in [5, 5.41) is 7.87. The summed E-state index contributed by atoms with van der Waals surface area (Å²) in [6.07, 6.45) is 1.22. The fourth-order valence-corrected chi connectivity index (χ4v) is 2.71. The average Bonchev–Trinajstić information content (AvgIpc) is 3.02. The van der Waals surface area contributed by atoms with Crippen LogP contribution in [0.1, 0.15) is 29.2 Å². The van der Waals surface area contributed by atoms with Gasteiger partial charge in [0.1, 0.15) is 12.4 Å². The number of hydrogen-bond donors (Lipinski definition) is 0. The summed E-state index contributed by atoms with van der Waals surface area (Å²) in [5.41, 5.74) is 0.218. The van der Waals surface area contributed by atoms with Crippen molar-refractivity contribution in [2.24, 2.45) is 7.05 Å². The third-order valence-electron chi connectivity index (χ3n) is 3.87. The molecule has 1 saturated heterocycles. The van der Waals surface area contributed by atoms with Crippen molar-refractivity contribution in [1.82, 2.24) is 19.7 Å². The molecule has 1 fully saturated rings. The molecule has 128 valence electrons. The largest absolute Gasteiger partial charge is 0.490 e. The summed E-state index contributed by atoms with van der Waals surface area (Å²) >= 11 is 0. The molecule has 1 amide bonds. The second kappa shape index (κ2) is 6.96. The molecule has 0 spiro atoms. The fourth-order valence-electron chi connectivity index (χ4n) is 2.71. The molecule has 1 aromatic carbocycles. The highest BCUT2D eigenvalue weighted by atomic mass is 19.1. The zero-order chi connectivity index (χ0) is 17.1. The van der Waals surface area contributed by atoms with E-state index in [0.717, 1.165) is 0 Å². The molecule has 0 bridgehead atoms. The van der Waals surface area contributed by atoms with Crippen LogP contribution < -0.4 is 4.74 Å². The topological polar surface area (TPSA) is 69.5 Å². The number of carbonyl (C=O) groups excluding carboxylic acids is 1. The van der Waals surface area contributed by atoms with E-state index in [4.69, 9.17) is 9.47 Å². The van der Waals surface area contributed by atoms with E-state index in [0.29, 0.717) is 25.5 Å². The van der Waals surface area contributed by atoms with Gasteiger partial charge in [-0.1, -0.05) is 6.07 Å².